The first-order valence-electron chi connectivity index (χ1n) is 15.0. The van der Waals surface area contributed by atoms with E-state index < -0.39 is 91.1 Å². The fraction of sp³-hybridized carbons (Fsp3) is 0.586. The predicted octanol–water partition coefficient (Wildman–Crippen LogP) is -3.85. The summed E-state index contributed by atoms with van der Waals surface area (Å²) >= 11 is 0. The van der Waals surface area contributed by atoms with Crippen LogP contribution in [-0.4, -0.2) is 139 Å². The van der Waals surface area contributed by atoms with E-state index in [1.807, 2.05) is 0 Å². The third-order valence-corrected chi connectivity index (χ3v) is 8.05. The van der Waals surface area contributed by atoms with Gasteiger partial charge in [-0.25, -0.2) is 4.79 Å². The van der Waals surface area contributed by atoms with Gasteiger partial charge in [-0.05, 0) is 56.7 Å². The van der Waals surface area contributed by atoms with E-state index in [9.17, 15) is 54.3 Å². The summed E-state index contributed by atoms with van der Waals surface area (Å²) in [6.07, 6.45) is -0.224. The molecule has 2 heterocycles. The molecular weight excluding hydrogens is 608 g/mol. The number of hydrogen-bond donors (Lipinski definition) is 9. The molecule has 0 saturated carbocycles. The van der Waals surface area contributed by atoms with Gasteiger partial charge in [-0.15, -0.1) is 0 Å². The number of hydrogen-bond acceptors (Lipinski definition) is 11. The topological polar surface area (TPSA) is 272 Å². The van der Waals surface area contributed by atoms with E-state index in [1.54, 1.807) is 12.1 Å². The second-order valence-electron chi connectivity index (χ2n) is 11.4. The Hall–Kier alpha value is -4.32. The van der Waals surface area contributed by atoms with Crippen LogP contribution in [0.5, 0.6) is 5.75 Å². The molecule has 254 valence electrons. The van der Waals surface area contributed by atoms with Crippen molar-refractivity contribution in [3.63, 3.8) is 0 Å². The van der Waals surface area contributed by atoms with Crippen molar-refractivity contribution in [3.8, 4) is 5.75 Å². The zero-order valence-corrected chi connectivity index (χ0v) is 25.4. The summed E-state index contributed by atoms with van der Waals surface area (Å²) in [4.78, 5) is 79.0. The lowest BCUT2D eigenvalue weighted by molar-refractivity contribution is -0.150. The number of nitrogens with zero attached hydrogens (tertiary/aromatic N) is 2. The van der Waals surface area contributed by atoms with Gasteiger partial charge in [0.2, 0.25) is 29.5 Å². The maximum atomic E-state index is 13.3. The first-order valence-corrected chi connectivity index (χ1v) is 15.0. The summed E-state index contributed by atoms with van der Waals surface area (Å²) in [5, 5.41) is 55.8. The Morgan fingerprint density at radius 3 is 1.85 bits per heavy atom. The fourth-order valence-electron chi connectivity index (χ4n) is 5.54. The molecule has 1 aromatic rings. The molecule has 17 heteroatoms. The molecule has 0 aromatic heterocycles. The minimum absolute atomic E-state index is 0.0370. The minimum Gasteiger partial charge on any atom is -0.508 e. The van der Waals surface area contributed by atoms with Gasteiger partial charge in [0, 0.05) is 13.1 Å². The Morgan fingerprint density at radius 1 is 0.848 bits per heavy atom. The number of nitrogens with one attached hydrogen (secondary N) is 3. The van der Waals surface area contributed by atoms with Crippen molar-refractivity contribution in [2.75, 3.05) is 26.3 Å². The number of aliphatic hydroxyl groups is 3. The number of aliphatic hydroxyl groups excluding tert-OH is 3. The number of likely N-dealkylation sites (tertiary alicyclic amines) is 2. The maximum absolute atomic E-state index is 13.3. The van der Waals surface area contributed by atoms with Crippen LogP contribution in [0.2, 0.25) is 0 Å². The van der Waals surface area contributed by atoms with E-state index >= 15 is 0 Å². The summed E-state index contributed by atoms with van der Waals surface area (Å²) in [7, 11) is 0. The van der Waals surface area contributed by atoms with Gasteiger partial charge in [0.1, 0.15) is 36.0 Å². The van der Waals surface area contributed by atoms with Crippen LogP contribution < -0.4 is 21.7 Å². The smallest absolute Gasteiger partial charge is 0.326 e. The van der Waals surface area contributed by atoms with Crippen LogP contribution in [0.4, 0.5) is 0 Å². The molecule has 2 aliphatic heterocycles. The third kappa shape index (κ3) is 8.90. The SMILES string of the molecule is C[C@@H](O)[C@H](NC(=O)[C@@H]1CCCN1C(=O)[C@H](CO)NC(=O)[C@@H](N)Cc1ccc(O)cc1)C(=O)N[C@@H](CO)C(=O)N1CCC[C@H]1C(=O)O. The molecule has 0 bridgehead atoms. The number of nitrogens with two attached hydrogens (primary N) is 1. The van der Waals surface area contributed by atoms with Gasteiger partial charge < -0.3 is 57.0 Å². The maximum Gasteiger partial charge on any atom is 0.326 e. The van der Waals surface area contributed by atoms with Crippen LogP contribution in [0.15, 0.2) is 24.3 Å². The third-order valence-electron chi connectivity index (χ3n) is 8.05. The van der Waals surface area contributed by atoms with E-state index in [0.717, 1.165) is 9.80 Å². The number of carboxylic acid groups (broad SMARTS) is 1. The lowest BCUT2D eigenvalue weighted by Crippen LogP contribution is -2.61. The highest BCUT2D eigenvalue weighted by Gasteiger charge is 2.41. The monoisotopic (exact) mass is 650 g/mol. The summed E-state index contributed by atoms with van der Waals surface area (Å²) in [6.45, 7) is -0.250. The molecule has 2 saturated heterocycles. The second-order valence-corrected chi connectivity index (χ2v) is 11.4. The number of amides is 5. The lowest BCUT2D eigenvalue weighted by Gasteiger charge is -2.31. The summed E-state index contributed by atoms with van der Waals surface area (Å²) in [5.74, 6) is -5.37. The van der Waals surface area contributed by atoms with Crippen LogP contribution >= 0.6 is 0 Å². The second kappa shape index (κ2) is 16.3. The largest absolute Gasteiger partial charge is 0.508 e. The molecule has 10 N–H and O–H groups in total. The lowest BCUT2D eigenvalue weighted by atomic mass is 10.1. The number of aromatic hydroxyl groups is 1. The van der Waals surface area contributed by atoms with E-state index in [-0.39, 0.29) is 38.1 Å². The number of phenolic OH excluding ortho intramolecular Hbond substituents is 1. The number of phenols is 1. The van der Waals surface area contributed by atoms with Gasteiger partial charge in [-0.2, -0.15) is 0 Å². The van der Waals surface area contributed by atoms with Crippen LogP contribution in [0.25, 0.3) is 0 Å². The van der Waals surface area contributed by atoms with Crippen LogP contribution in [0.3, 0.4) is 0 Å². The highest BCUT2D eigenvalue weighted by molar-refractivity contribution is 5.97. The molecule has 0 aliphatic carbocycles. The molecule has 0 spiro atoms. The van der Waals surface area contributed by atoms with E-state index in [0.29, 0.717) is 18.4 Å². The molecule has 0 unspecified atom stereocenters. The molecule has 5 amide bonds. The zero-order chi connectivity index (χ0) is 34.1. The van der Waals surface area contributed by atoms with Crippen molar-refractivity contribution in [3.05, 3.63) is 29.8 Å². The quantitative estimate of drug-likeness (QED) is 0.0936. The highest BCUT2D eigenvalue weighted by atomic mass is 16.4. The average Bonchev–Trinajstić information content (AvgIpc) is 3.72. The van der Waals surface area contributed by atoms with Crippen molar-refractivity contribution in [2.45, 2.75) is 81.4 Å². The summed E-state index contributed by atoms with van der Waals surface area (Å²) < 4.78 is 0. The Balaban J connectivity index is 1.63. The van der Waals surface area contributed by atoms with Crippen molar-refractivity contribution in [1.29, 1.82) is 0 Å². The summed E-state index contributed by atoms with van der Waals surface area (Å²) in [6, 6.07) is -1.90. The highest BCUT2D eigenvalue weighted by Crippen LogP contribution is 2.20. The van der Waals surface area contributed by atoms with Gasteiger partial charge in [0.15, 0.2) is 0 Å². The number of aliphatic carboxylic acids is 1. The molecule has 2 aliphatic rings. The number of benzene rings is 1. The van der Waals surface area contributed by atoms with Crippen molar-refractivity contribution >= 4 is 35.5 Å². The Morgan fingerprint density at radius 2 is 1.35 bits per heavy atom. The molecule has 2 fully saturated rings. The molecular formula is C29H42N6O11. The molecule has 17 nitrogen and oxygen atoms in total. The molecule has 3 rings (SSSR count). The fourth-order valence-corrected chi connectivity index (χ4v) is 5.54. The van der Waals surface area contributed by atoms with Gasteiger partial charge in [-0.1, -0.05) is 12.1 Å². The van der Waals surface area contributed by atoms with Crippen molar-refractivity contribution in [1.82, 2.24) is 25.8 Å². The van der Waals surface area contributed by atoms with Crippen molar-refractivity contribution in [2.24, 2.45) is 5.73 Å². The molecule has 7 atom stereocenters. The van der Waals surface area contributed by atoms with E-state index in [4.69, 9.17) is 5.73 Å². The number of carboxylic acids is 1. The van der Waals surface area contributed by atoms with E-state index in [1.165, 1.54) is 19.1 Å². The van der Waals surface area contributed by atoms with Gasteiger partial charge >= 0.3 is 5.97 Å². The summed E-state index contributed by atoms with van der Waals surface area (Å²) in [5.41, 5.74) is 6.63. The first kappa shape index (κ1) is 36.2. The Bertz CT molecular complexity index is 1280. The number of carbonyl (C=O) groups excluding carboxylic acids is 5. The predicted molar refractivity (Wildman–Crippen MR) is 159 cm³/mol. The Labute approximate surface area is 264 Å². The van der Waals surface area contributed by atoms with E-state index in [2.05, 4.69) is 16.0 Å². The van der Waals surface area contributed by atoms with Crippen LogP contribution in [0, 0.1) is 0 Å². The molecule has 46 heavy (non-hydrogen) atoms. The first-order chi connectivity index (χ1) is 21.8. The Kier molecular flexibility index (Phi) is 12.8. The van der Waals surface area contributed by atoms with Gasteiger partial charge in [0.25, 0.3) is 0 Å². The van der Waals surface area contributed by atoms with Crippen LogP contribution in [0.1, 0.15) is 38.2 Å². The van der Waals surface area contributed by atoms with Gasteiger partial charge in [-0.3, -0.25) is 24.0 Å². The zero-order valence-electron chi connectivity index (χ0n) is 25.4. The number of carbonyl (C=O) groups is 6. The standard InChI is InChI=1S/C29H42N6O11/c1-15(38)23(26(42)32-20(14-37)28(44)35-11-3-5-22(35)29(45)46)33-25(41)21-4-2-10-34(21)27(43)19(13-36)31-24(40)18(30)12-16-6-8-17(39)9-7-16/h6-9,15,18-23,36-39H,2-5,10-14,30H2,1H3,(H,31,40)(H,32,42)(H,33,41)(H,45,46)/t15-,18+,19+,20+,21+,22+,23+/m1/s1. The molecule has 1 aromatic carbocycles. The van der Waals surface area contributed by atoms with Crippen LogP contribution in [-0.2, 0) is 35.2 Å². The van der Waals surface area contributed by atoms with Crippen molar-refractivity contribution < 1.29 is 54.3 Å². The minimum atomic E-state index is -1.62. The average molecular weight is 651 g/mol. The number of rotatable bonds is 14. The normalized spacial score (nSPS) is 21.1. The molecule has 0 radical (unpaired) electrons. The van der Waals surface area contributed by atoms with Gasteiger partial charge in [0.05, 0.1) is 25.4 Å².